The molecule has 14 heavy (non-hydrogen) atoms. The summed E-state index contributed by atoms with van der Waals surface area (Å²) in [5, 5.41) is 0. The Morgan fingerprint density at radius 2 is 2.07 bits per heavy atom. The zero-order chi connectivity index (χ0) is 10.8. The van der Waals surface area contributed by atoms with Crippen LogP contribution in [-0.2, 0) is 9.53 Å². The van der Waals surface area contributed by atoms with E-state index < -0.39 is 0 Å². The summed E-state index contributed by atoms with van der Waals surface area (Å²) in [6.45, 7) is 7.51. The minimum absolute atomic E-state index is 0.296. The van der Waals surface area contributed by atoms with Crippen molar-refractivity contribution in [2.45, 2.75) is 40.0 Å². The largest absolute Gasteiger partial charge is 0.384 e. The van der Waals surface area contributed by atoms with Crippen LogP contribution in [0.2, 0.25) is 0 Å². The van der Waals surface area contributed by atoms with Crippen molar-refractivity contribution in [3.8, 4) is 0 Å². The average molecular weight is 198 g/mol. The third-order valence-electron chi connectivity index (χ3n) is 3.29. The zero-order valence-electron chi connectivity index (χ0n) is 9.80. The van der Waals surface area contributed by atoms with Crippen molar-refractivity contribution >= 4 is 5.78 Å². The molecule has 2 atom stereocenters. The first-order valence-electron chi connectivity index (χ1n) is 5.45. The van der Waals surface area contributed by atoms with Crippen LogP contribution in [0.5, 0.6) is 0 Å². The maximum Gasteiger partial charge on any atom is 0.133 e. The summed E-state index contributed by atoms with van der Waals surface area (Å²) >= 11 is 0. The molecule has 1 rings (SSSR count). The topological polar surface area (TPSA) is 26.3 Å². The van der Waals surface area contributed by atoms with Gasteiger partial charge in [0.05, 0.1) is 0 Å². The second-order valence-electron chi connectivity index (χ2n) is 5.47. The Balaban J connectivity index is 2.67. The number of hydrogen-bond donors (Lipinski definition) is 0. The molecule has 2 nitrogen and oxygen atoms in total. The molecular formula is C12H22O2. The lowest BCUT2D eigenvalue weighted by Gasteiger charge is -2.39. The fourth-order valence-corrected chi connectivity index (χ4v) is 2.62. The van der Waals surface area contributed by atoms with E-state index in [1.54, 1.807) is 7.11 Å². The van der Waals surface area contributed by atoms with Crippen molar-refractivity contribution in [3.63, 3.8) is 0 Å². The molecule has 0 spiro atoms. The molecule has 0 bridgehead atoms. The SMILES string of the molecule is COCC1CC(=O)CCC1C(C)(C)C. The minimum atomic E-state index is 0.296. The molecule has 1 fully saturated rings. The molecule has 0 aromatic rings. The normalized spacial score (nSPS) is 29.3. The maximum atomic E-state index is 11.4. The number of ether oxygens (including phenoxy) is 1. The van der Waals surface area contributed by atoms with Gasteiger partial charge in [-0.2, -0.15) is 0 Å². The molecule has 1 aliphatic rings. The van der Waals surface area contributed by atoms with Gasteiger partial charge >= 0.3 is 0 Å². The van der Waals surface area contributed by atoms with E-state index in [1.165, 1.54) is 0 Å². The number of Topliss-reactive ketones (excluding diaryl/α,β-unsaturated/α-hetero) is 1. The number of rotatable bonds is 2. The van der Waals surface area contributed by atoms with E-state index in [0.717, 1.165) is 25.9 Å². The lowest BCUT2D eigenvalue weighted by atomic mass is 9.66. The minimum Gasteiger partial charge on any atom is -0.384 e. The second-order valence-corrected chi connectivity index (χ2v) is 5.47. The third kappa shape index (κ3) is 2.81. The summed E-state index contributed by atoms with van der Waals surface area (Å²) in [7, 11) is 1.72. The molecule has 0 heterocycles. The second kappa shape index (κ2) is 4.43. The highest BCUT2D eigenvalue weighted by molar-refractivity contribution is 5.79. The predicted octanol–water partition coefficient (Wildman–Crippen LogP) is 2.66. The number of carbonyl (C=O) groups excluding carboxylic acids is 1. The van der Waals surface area contributed by atoms with Gasteiger partial charge in [-0.05, 0) is 23.7 Å². The van der Waals surface area contributed by atoms with E-state index in [9.17, 15) is 4.79 Å². The maximum absolute atomic E-state index is 11.4. The Morgan fingerprint density at radius 1 is 1.43 bits per heavy atom. The van der Waals surface area contributed by atoms with Crippen molar-refractivity contribution in [2.24, 2.45) is 17.3 Å². The Morgan fingerprint density at radius 3 is 2.57 bits per heavy atom. The Labute approximate surface area is 87.0 Å². The summed E-state index contributed by atoms with van der Waals surface area (Å²) in [5.74, 6) is 1.47. The van der Waals surface area contributed by atoms with Crippen LogP contribution in [0, 0.1) is 17.3 Å². The molecular weight excluding hydrogens is 176 g/mol. The van der Waals surface area contributed by atoms with Gasteiger partial charge < -0.3 is 4.74 Å². The number of hydrogen-bond acceptors (Lipinski definition) is 2. The molecule has 0 radical (unpaired) electrons. The number of carbonyl (C=O) groups is 1. The monoisotopic (exact) mass is 198 g/mol. The number of methoxy groups -OCH3 is 1. The Kier molecular flexibility index (Phi) is 3.71. The van der Waals surface area contributed by atoms with Gasteiger partial charge in [-0.3, -0.25) is 4.79 Å². The molecule has 1 saturated carbocycles. The third-order valence-corrected chi connectivity index (χ3v) is 3.29. The van der Waals surface area contributed by atoms with Gasteiger partial charge in [-0.1, -0.05) is 20.8 Å². The summed E-state index contributed by atoms with van der Waals surface area (Å²) in [6, 6.07) is 0. The Hall–Kier alpha value is -0.370. The van der Waals surface area contributed by atoms with Crippen LogP contribution in [0.4, 0.5) is 0 Å². The van der Waals surface area contributed by atoms with Gasteiger partial charge in [-0.25, -0.2) is 0 Å². The van der Waals surface area contributed by atoms with Gasteiger partial charge in [0.1, 0.15) is 5.78 Å². The lowest BCUT2D eigenvalue weighted by Crippen LogP contribution is -2.36. The molecule has 0 saturated heterocycles. The zero-order valence-corrected chi connectivity index (χ0v) is 9.80. The van der Waals surface area contributed by atoms with Crippen LogP contribution < -0.4 is 0 Å². The number of ketones is 1. The molecule has 0 aliphatic heterocycles. The predicted molar refractivity (Wildman–Crippen MR) is 57.2 cm³/mol. The smallest absolute Gasteiger partial charge is 0.133 e. The fraction of sp³-hybridized carbons (Fsp3) is 0.917. The molecule has 2 heteroatoms. The van der Waals surface area contributed by atoms with Gasteiger partial charge in [0.25, 0.3) is 0 Å². The molecule has 82 valence electrons. The van der Waals surface area contributed by atoms with Crippen LogP contribution >= 0.6 is 0 Å². The Bertz CT molecular complexity index is 203. The molecule has 1 aliphatic carbocycles. The standard InChI is InChI=1S/C12H22O2/c1-12(2,3)11-6-5-10(13)7-9(11)8-14-4/h9,11H,5-8H2,1-4H3. The highest BCUT2D eigenvalue weighted by atomic mass is 16.5. The average Bonchev–Trinajstić information content (AvgIpc) is 2.02. The van der Waals surface area contributed by atoms with Crippen molar-refractivity contribution < 1.29 is 9.53 Å². The fourth-order valence-electron chi connectivity index (χ4n) is 2.62. The van der Waals surface area contributed by atoms with E-state index in [2.05, 4.69) is 20.8 Å². The van der Waals surface area contributed by atoms with Crippen molar-refractivity contribution in [2.75, 3.05) is 13.7 Å². The van der Waals surface area contributed by atoms with Gasteiger partial charge in [0.2, 0.25) is 0 Å². The molecule has 0 aromatic carbocycles. The summed E-state index contributed by atoms with van der Waals surface area (Å²) in [4.78, 5) is 11.4. The van der Waals surface area contributed by atoms with Crippen LogP contribution in [0.25, 0.3) is 0 Å². The van der Waals surface area contributed by atoms with Crippen molar-refractivity contribution in [1.82, 2.24) is 0 Å². The summed E-state index contributed by atoms with van der Waals surface area (Å²) in [6.07, 6.45) is 2.52. The van der Waals surface area contributed by atoms with Crippen molar-refractivity contribution in [1.29, 1.82) is 0 Å². The first kappa shape index (κ1) is 11.7. The van der Waals surface area contributed by atoms with Gasteiger partial charge in [-0.15, -0.1) is 0 Å². The van der Waals surface area contributed by atoms with E-state index in [1.807, 2.05) is 0 Å². The molecule has 0 N–H and O–H groups in total. The van der Waals surface area contributed by atoms with Crippen LogP contribution in [0.15, 0.2) is 0 Å². The highest BCUT2D eigenvalue weighted by Gasteiger charge is 2.36. The summed E-state index contributed by atoms with van der Waals surface area (Å²) in [5.41, 5.74) is 0.296. The van der Waals surface area contributed by atoms with Crippen LogP contribution in [0.1, 0.15) is 40.0 Å². The van der Waals surface area contributed by atoms with E-state index in [-0.39, 0.29) is 0 Å². The first-order chi connectivity index (χ1) is 6.45. The van der Waals surface area contributed by atoms with E-state index in [4.69, 9.17) is 4.74 Å². The first-order valence-corrected chi connectivity index (χ1v) is 5.45. The quantitative estimate of drug-likeness (QED) is 0.682. The molecule has 0 amide bonds. The lowest BCUT2D eigenvalue weighted by molar-refractivity contribution is -0.125. The van der Waals surface area contributed by atoms with Crippen molar-refractivity contribution in [3.05, 3.63) is 0 Å². The van der Waals surface area contributed by atoms with E-state index in [0.29, 0.717) is 23.0 Å². The summed E-state index contributed by atoms with van der Waals surface area (Å²) < 4.78 is 5.20. The molecule has 0 aromatic heterocycles. The molecule has 2 unspecified atom stereocenters. The highest BCUT2D eigenvalue weighted by Crippen LogP contribution is 2.40. The van der Waals surface area contributed by atoms with E-state index >= 15 is 0 Å². The van der Waals surface area contributed by atoms with Gasteiger partial charge in [0.15, 0.2) is 0 Å². The van der Waals surface area contributed by atoms with Crippen LogP contribution in [-0.4, -0.2) is 19.5 Å². The van der Waals surface area contributed by atoms with Gasteiger partial charge in [0, 0.05) is 26.6 Å². The van der Waals surface area contributed by atoms with Crippen LogP contribution in [0.3, 0.4) is 0 Å².